The van der Waals surface area contributed by atoms with Crippen LogP contribution in [0.3, 0.4) is 0 Å². The quantitative estimate of drug-likeness (QED) is 0.689. The molecule has 0 amide bonds. The molecule has 19 heavy (non-hydrogen) atoms. The topological polar surface area (TPSA) is 20.3 Å². The van der Waals surface area contributed by atoms with Crippen LogP contribution in [0.1, 0.15) is 37.0 Å². The van der Waals surface area contributed by atoms with Crippen molar-refractivity contribution in [2.75, 3.05) is 20.1 Å². The van der Waals surface area contributed by atoms with Gasteiger partial charge in [-0.3, -0.25) is 4.79 Å². The second-order valence-corrected chi connectivity index (χ2v) is 5.84. The fourth-order valence-electron chi connectivity index (χ4n) is 1.90. The molecule has 0 aromatic heterocycles. The van der Waals surface area contributed by atoms with Gasteiger partial charge in [-0.05, 0) is 25.1 Å². The van der Waals surface area contributed by atoms with E-state index in [0.717, 1.165) is 19.5 Å². The Morgan fingerprint density at radius 2 is 2.05 bits per heavy atom. The third kappa shape index (κ3) is 5.13. The summed E-state index contributed by atoms with van der Waals surface area (Å²) in [4.78, 5) is 14.3. The lowest BCUT2D eigenvalue weighted by Gasteiger charge is -2.20. The number of benzene rings is 1. The van der Waals surface area contributed by atoms with E-state index in [-0.39, 0.29) is 5.78 Å². The molecule has 0 spiro atoms. The molecule has 1 unspecified atom stereocenters. The number of carbonyl (C=O) groups is 1. The largest absolute Gasteiger partial charge is 0.306 e. The number of carbonyl (C=O) groups excluding carboxylic acids is 1. The van der Waals surface area contributed by atoms with E-state index in [0.29, 0.717) is 27.9 Å². The van der Waals surface area contributed by atoms with E-state index in [2.05, 4.69) is 18.7 Å². The molecule has 0 aliphatic heterocycles. The molecule has 1 aromatic carbocycles. The third-order valence-electron chi connectivity index (χ3n) is 3.29. The van der Waals surface area contributed by atoms with Gasteiger partial charge >= 0.3 is 0 Å². The first-order chi connectivity index (χ1) is 8.95. The van der Waals surface area contributed by atoms with E-state index in [9.17, 15) is 4.79 Å². The molecule has 0 aliphatic carbocycles. The zero-order valence-corrected chi connectivity index (χ0v) is 13.3. The number of hydrogen-bond acceptors (Lipinski definition) is 2. The van der Waals surface area contributed by atoms with Crippen molar-refractivity contribution in [1.82, 2.24) is 4.90 Å². The molecule has 0 heterocycles. The van der Waals surface area contributed by atoms with Crippen LogP contribution in [0, 0.1) is 5.92 Å². The molecular weight excluding hydrogens is 281 g/mol. The Bertz CT molecular complexity index is 434. The summed E-state index contributed by atoms with van der Waals surface area (Å²) in [5, 5.41) is 0.791. The van der Waals surface area contributed by atoms with Crippen molar-refractivity contribution in [1.29, 1.82) is 0 Å². The van der Waals surface area contributed by atoms with E-state index in [4.69, 9.17) is 23.2 Å². The Morgan fingerprint density at radius 1 is 1.37 bits per heavy atom. The number of halogens is 2. The number of Topliss-reactive ketones (excluding diaryl/α,β-unsaturated/α-hetero) is 1. The maximum atomic E-state index is 12.1. The second kappa shape index (κ2) is 7.88. The first kappa shape index (κ1) is 16.5. The number of rotatable bonds is 7. The Balaban J connectivity index is 2.54. The molecule has 0 saturated carbocycles. The van der Waals surface area contributed by atoms with E-state index < -0.39 is 0 Å². The van der Waals surface area contributed by atoms with E-state index in [1.807, 2.05) is 7.05 Å². The summed E-state index contributed by atoms with van der Waals surface area (Å²) >= 11 is 12.0. The van der Waals surface area contributed by atoms with E-state index in [1.165, 1.54) is 0 Å². The SMILES string of the molecule is CCC(C)CN(C)CCC(=O)c1cccc(Cl)c1Cl. The fourth-order valence-corrected chi connectivity index (χ4v) is 2.30. The summed E-state index contributed by atoms with van der Waals surface area (Å²) in [6.45, 7) is 6.14. The van der Waals surface area contributed by atoms with Gasteiger partial charge in [-0.25, -0.2) is 0 Å². The monoisotopic (exact) mass is 301 g/mol. The molecular formula is C15H21Cl2NO. The average molecular weight is 302 g/mol. The molecule has 2 nitrogen and oxygen atoms in total. The Morgan fingerprint density at radius 3 is 2.68 bits per heavy atom. The molecule has 1 atom stereocenters. The van der Waals surface area contributed by atoms with Gasteiger partial charge < -0.3 is 4.90 Å². The van der Waals surface area contributed by atoms with Crippen molar-refractivity contribution in [3.05, 3.63) is 33.8 Å². The van der Waals surface area contributed by atoms with E-state index >= 15 is 0 Å². The van der Waals surface area contributed by atoms with Crippen LogP contribution in [0.4, 0.5) is 0 Å². The summed E-state index contributed by atoms with van der Waals surface area (Å²) in [7, 11) is 2.04. The van der Waals surface area contributed by atoms with Gasteiger partial charge in [-0.15, -0.1) is 0 Å². The van der Waals surface area contributed by atoms with Gasteiger partial charge in [0.25, 0.3) is 0 Å². The highest BCUT2D eigenvalue weighted by molar-refractivity contribution is 6.43. The maximum Gasteiger partial charge on any atom is 0.165 e. The molecule has 0 radical (unpaired) electrons. The van der Waals surface area contributed by atoms with Gasteiger partial charge in [-0.2, -0.15) is 0 Å². The number of nitrogens with zero attached hydrogens (tertiary/aromatic N) is 1. The highest BCUT2D eigenvalue weighted by Crippen LogP contribution is 2.26. The summed E-state index contributed by atoms with van der Waals surface area (Å²) < 4.78 is 0. The van der Waals surface area contributed by atoms with E-state index in [1.54, 1.807) is 18.2 Å². The van der Waals surface area contributed by atoms with Crippen molar-refractivity contribution in [2.45, 2.75) is 26.7 Å². The van der Waals surface area contributed by atoms with Gasteiger partial charge in [0.15, 0.2) is 5.78 Å². The van der Waals surface area contributed by atoms with Gasteiger partial charge in [0.05, 0.1) is 10.0 Å². The first-order valence-corrected chi connectivity index (χ1v) is 7.37. The smallest absolute Gasteiger partial charge is 0.165 e. The maximum absolute atomic E-state index is 12.1. The zero-order chi connectivity index (χ0) is 14.4. The molecule has 1 rings (SSSR count). The minimum absolute atomic E-state index is 0.0449. The molecule has 4 heteroatoms. The minimum atomic E-state index is 0.0449. The molecule has 0 aliphatic rings. The standard InChI is InChI=1S/C15H21Cl2NO/c1-4-11(2)10-18(3)9-8-14(19)12-6-5-7-13(16)15(12)17/h5-7,11H,4,8-10H2,1-3H3. The molecule has 1 aromatic rings. The van der Waals surface area contributed by atoms with Crippen LogP contribution in [0.2, 0.25) is 10.0 Å². The molecule has 0 fully saturated rings. The first-order valence-electron chi connectivity index (χ1n) is 6.61. The summed E-state index contributed by atoms with van der Waals surface area (Å²) in [5.74, 6) is 0.693. The summed E-state index contributed by atoms with van der Waals surface area (Å²) in [6.07, 6.45) is 1.62. The highest BCUT2D eigenvalue weighted by atomic mass is 35.5. The highest BCUT2D eigenvalue weighted by Gasteiger charge is 2.13. The van der Waals surface area contributed by atoms with Gasteiger partial charge in [0, 0.05) is 25.1 Å². The lowest BCUT2D eigenvalue weighted by atomic mass is 10.1. The van der Waals surface area contributed by atoms with Crippen molar-refractivity contribution >= 4 is 29.0 Å². The molecule has 0 N–H and O–H groups in total. The van der Waals surface area contributed by atoms with Gasteiger partial charge in [0.2, 0.25) is 0 Å². The van der Waals surface area contributed by atoms with Crippen LogP contribution in [-0.2, 0) is 0 Å². The lowest BCUT2D eigenvalue weighted by Crippen LogP contribution is -2.26. The van der Waals surface area contributed by atoms with Crippen LogP contribution in [0.15, 0.2) is 18.2 Å². The minimum Gasteiger partial charge on any atom is -0.306 e. The second-order valence-electron chi connectivity index (χ2n) is 5.05. The molecule has 0 saturated heterocycles. The molecule has 0 bridgehead atoms. The normalized spacial score (nSPS) is 12.7. The zero-order valence-electron chi connectivity index (χ0n) is 11.7. The summed E-state index contributed by atoms with van der Waals surface area (Å²) in [6, 6.07) is 5.17. The van der Waals surface area contributed by atoms with Gasteiger partial charge in [-0.1, -0.05) is 49.5 Å². The van der Waals surface area contributed by atoms with Crippen molar-refractivity contribution in [2.24, 2.45) is 5.92 Å². The Kier molecular flexibility index (Phi) is 6.84. The Labute approximate surface area is 125 Å². The van der Waals surface area contributed by atoms with Crippen LogP contribution in [0.25, 0.3) is 0 Å². The van der Waals surface area contributed by atoms with Crippen molar-refractivity contribution in [3.63, 3.8) is 0 Å². The van der Waals surface area contributed by atoms with Gasteiger partial charge in [0.1, 0.15) is 0 Å². The Hall–Kier alpha value is -0.570. The van der Waals surface area contributed by atoms with Crippen LogP contribution in [-0.4, -0.2) is 30.8 Å². The fraction of sp³-hybridized carbons (Fsp3) is 0.533. The number of ketones is 1. The van der Waals surface area contributed by atoms with Crippen LogP contribution in [0.5, 0.6) is 0 Å². The predicted octanol–water partition coefficient (Wildman–Crippen LogP) is 4.54. The molecule has 106 valence electrons. The van der Waals surface area contributed by atoms with Crippen LogP contribution < -0.4 is 0 Å². The van der Waals surface area contributed by atoms with Crippen molar-refractivity contribution < 1.29 is 4.79 Å². The predicted molar refractivity (Wildman–Crippen MR) is 82.4 cm³/mol. The third-order valence-corrected chi connectivity index (χ3v) is 4.11. The average Bonchev–Trinajstić information content (AvgIpc) is 2.39. The summed E-state index contributed by atoms with van der Waals surface area (Å²) in [5.41, 5.74) is 0.520. The van der Waals surface area contributed by atoms with Crippen LogP contribution >= 0.6 is 23.2 Å². The number of hydrogen-bond donors (Lipinski definition) is 0. The lowest BCUT2D eigenvalue weighted by molar-refractivity contribution is 0.0966. The van der Waals surface area contributed by atoms with Crippen molar-refractivity contribution in [3.8, 4) is 0 Å².